The Morgan fingerprint density at radius 3 is 2.74 bits per heavy atom. The summed E-state index contributed by atoms with van der Waals surface area (Å²) in [4.78, 5) is 14.3. The molecule has 4 heteroatoms. The van der Waals surface area contributed by atoms with Crippen LogP contribution in [0.5, 0.6) is 5.75 Å². The summed E-state index contributed by atoms with van der Waals surface area (Å²) in [5.41, 5.74) is 6.06. The summed E-state index contributed by atoms with van der Waals surface area (Å²) in [7, 11) is 0. The van der Waals surface area contributed by atoms with Crippen LogP contribution in [0.1, 0.15) is 48.9 Å². The van der Waals surface area contributed by atoms with E-state index in [4.69, 9.17) is 9.15 Å². The largest absolute Gasteiger partial charge is 0.473 e. The summed E-state index contributed by atoms with van der Waals surface area (Å²) >= 11 is 0. The van der Waals surface area contributed by atoms with Gasteiger partial charge in [0.05, 0.1) is 12.1 Å². The van der Waals surface area contributed by atoms with Gasteiger partial charge in [-0.05, 0) is 48.1 Å². The Balaban J connectivity index is 1.87. The van der Waals surface area contributed by atoms with Crippen LogP contribution in [0.25, 0.3) is 11.0 Å². The average Bonchev–Trinajstić information content (AvgIpc) is 2.66. The number of aryl methyl sites for hydroxylation is 2. The van der Waals surface area contributed by atoms with Crippen LogP contribution in [0, 0.1) is 6.92 Å². The number of rotatable bonds is 3. The SMILES string of the molecule is CCc1cc(=O)oc2c3c(ccc12)OCN(c1c(C)cccc1C(C)C)C3. The van der Waals surface area contributed by atoms with Crippen molar-refractivity contribution >= 4 is 16.7 Å². The van der Waals surface area contributed by atoms with Crippen molar-refractivity contribution in [2.75, 3.05) is 11.6 Å². The summed E-state index contributed by atoms with van der Waals surface area (Å²) in [6.45, 7) is 9.75. The number of nitrogens with zero attached hydrogens (tertiary/aromatic N) is 1. The van der Waals surface area contributed by atoms with Gasteiger partial charge in [-0.15, -0.1) is 0 Å². The summed E-state index contributed by atoms with van der Waals surface area (Å²) < 4.78 is 11.7. The number of ether oxygens (including phenoxy) is 1. The Bertz CT molecular complexity index is 1070. The minimum absolute atomic E-state index is 0.302. The van der Waals surface area contributed by atoms with Gasteiger partial charge < -0.3 is 14.1 Å². The highest BCUT2D eigenvalue weighted by Crippen LogP contribution is 2.38. The summed E-state index contributed by atoms with van der Waals surface area (Å²) in [6, 6.07) is 12.0. The van der Waals surface area contributed by atoms with Crippen molar-refractivity contribution in [3.63, 3.8) is 0 Å². The molecule has 4 nitrogen and oxygen atoms in total. The molecule has 4 rings (SSSR count). The van der Waals surface area contributed by atoms with E-state index in [1.165, 1.54) is 16.8 Å². The summed E-state index contributed by atoms with van der Waals surface area (Å²) in [6.07, 6.45) is 0.792. The van der Waals surface area contributed by atoms with Crippen LogP contribution in [-0.2, 0) is 13.0 Å². The molecule has 0 unspecified atom stereocenters. The third kappa shape index (κ3) is 2.99. The quantitative estimate of drug-likeness (QED) is 0.604. The van der Waals surface area contributed by atoms with E-state index in [0.717, 1.165) is 28.7 Å². The number of hydrogen-bond acceptors (Lipinski definition) is 4. The second-order valence-electron chi connectivity index (χ2n) is 7.50. The van der Waals surface area contributed by atoms with Crippen LogP contribution in [0.15, 0.2) is 45.6 Å². The number of para-hydroxylation sites is 1. The zero-order valence-electron chi connectivity index (χ0n) is 16.3. The Kier molecular flexibility index (Phi) is 4.42. The Hall–Kier alpha value is -2.75. The molecule has 27 heavy (non-hydrogen) atoms. The fourth-order valence-electron chi connectivity index (χ4n) is 4.01. The molecule has 1 aliphatic rings. The first-order chi connectivity index (χ1) is 13.0. The molecule has 0 N–H and O–H groups in total. The lowest BCUT2D eigenvalue weighted by molar-refractivity contribution is 0.288. The predicted molar refractivity (Wildman–Crippen MR) is 109 cm³/mol. The van der Waals surface area contributed by atoms with Gasteiger partial charge in [0, 0.05) is 17.1 Å². The first kappa shape index (κ1) is 17.7. The van der Waals surface area contributed by atoms with Gasteiger partial charge in [-0.1, -0.05) is 39.0 Å². The summed E-state index contributed by atoms with van der Waals surface area (Å²) in [5, 5.41) is 0.996. The van der Waals surface area contributed by atoms with Gasteiger partial charge in [-0.3, -0.25) is 0 Å². The third-order valence-corrected chi connectivity index (χ3v) is 5.37. The van der Waals surface area contributed by atoms with E-state index in [0.29, 0.717) is 24.8 Å². The highest BCUT2D eigenvalue weighted by molar-refractivity contribution is 5.86. The molecule has 3 aromatic rings. The third-order valence-electron chi connectivity index (χ3n) is 5.37. The molecule has 2 heterocycles. The maximum atomic E-state index is 12.1. The lowest BCUT2D eigenvalue weighted by atomic mass is 9.96. The fourth-order valence-corrected chi connectivity index (χ4v) is 4.01. The standard InChI is InChI=1S/C23H25NO3/c1-5-16-11-21(25)27-23-18(16)9-10-20-19(23)12-24(13-26-20)22-15(4)7-6-8-17(22)14(2)3/h6-11,14H,5,12-13H2,1-4H3. The van der Waals surface area contributed by atoms with Crippen molar-refractivity contribution < 1.29 is 9.15 Å². The van der Waals surface area contributed by atoms with Crippen molar-refractivity contribution in [3.05, 3.63) is 69.1 Å². The normalized spacial score (nSPS) is 13.7. The van der Waals surface area contributed by atoms with Crippen molar-refractivity contribution in [3.8, 4) is 5.75 Å². The zero-order valence-corrected chi connectivity index (χ0v) is 16.3. The van der Waals surface area contributed by atoms with Gasteiger partial charge in [-0.25, -0.2) is 4.79 Å². The van der Waals surface area contributed by atoms with Crippen molar-refractivity contribution in [1.82, 2.24) is 0 Å². The molecule has 1 aromatic heterocycles. The average molecular weight is 363 g/mol. The number of hydrogen-bond donors (Lipinski definition) is 0. The van der Waals surface area contributed by atoms with Crippen molar-refractivity contribution in [2.24, 2.45) is 0 Å². The second-order valence-corrected chi connectivity index (χ2v) is 7.50. The van der Waals surface area contributed by atoms with Crippen LogP contribution in [0.3, 0.4) is 0 Å². The Labute approximate surface area is 159 Å². The molecule has 140 valence electrons. The van der Waals surface area contributed by atoms with Crippen LogP contribution in [0.4, 0.5) is 5.69 Å². The van der Waals surface area contributed by atoms with E-state index in [9.17, 15) is 4.79 Å². The Morgan fingerprint density at radius 2 is 2.00 bits per heavy atom. The fraction of sp³-hybridized carbons (Fsp3) is 0.348. The highest BCUT2D eigenvalue weighted by atomic mass is 16.5. The Morgan fingerprint density at radius 1 is 1.19 bits per heavy atom. The minimum Gasteiger partial charge on any atom is -0.473 e. The van der Waals surface area contributed by atoms with Crippen LogP contribution >= 0.6 is 0 Å². The van der Waals surface area contributed by atoms with Crippen molar-refractivity contribution in [2.45, 2.75) is 46.6 Å². The predicted octanol–water partition coefficient (Wildman–Crippen LogP) is 5.14. The molecule has 0 amide bonds. The minimum atomic E-state index is -0.302. The zero-order chi connectivity index (χ0) is 19.1. The topological polar surface area (TPSA) is 42.7 Å². The second kappa shape index (κ2) is 6.76. The molecule has 0 saturated carbocycles. The molecule has 0 radical (unpaired) electrons. The molecular weight excluding hydrogens is 338 g/mol. The van der Waals surface area contributed by atoms with E-state index >= 15 is 0 Å². The van der Waals surface area contributed by atoms with Gasteiger partial charge >= 0.3 is 5.63 Å². The number of anilines is 1. The van der Waals surface area contributed by atoms with Crippen molar-refractivity contribution in [1.29, 1.82) is 0 Å². The molecule has 0 spiro atoms. The molecule has 1 aliphatic heterocycles. The number of benzene rings is 2. The molecule has 0 saturated heterocycles. The lowest BCUT2D eigenvalue weighted by Gasteiger charge is -2.34. The molecule has 0 atom stereocenters. The van der Waals surface area contributed by atoms with Crippen LogP contribution < -0.4 is 15.3 Å². The maximum Gasteiger partial charge on any atom is 0.336 e. The lowest BCUT2D eigenvalue weighted by Crippen LogP contribution is -2.33. The number of fused-ring (bicyclic) bond motifs is 3. The maximum absolute atomic E-state index is 12.1. The van der Waals surface area contributed by atoms with E-state index in [-0.39, 0.29) is 5.63 Å². The molecular formula is C23H25NO3. The molecule has 2 aromatic carbocycles. The first-order valence-electron chi connectivity index (χ1n) is 9.55. The molecule has 0 fully saturated rings. The monoisotopic (exact) mass is 363 g/mol. The van der Waals surface area contributed by atoms with Gasteiger partial charge in [0.25, 0.3) is 0 Å². The van der Waals surface area contributed by atoms with Gasteiger partial charge in [0.2, 0.25) is 0 Å². The smallest absolute Gasteiger partial charge is 0.336 e. The van der Waals surface area contributed by atoms with E-state index in [2.05, 4.69) is 50.8 Å². The highest BCUT2D eigenvalue weighted by Gasteiger charge is 2.25. The van der Waals surface area contributed by atoms with Gasteiger partial charge in [0.1, 0.15) is 11.3 Å². The van der Waals surface area contributed by atoms with Gasteiger partial charge in [-0.2, -0.15) is 0 Å². The van der Waals surface area contributed by atoms with Crippen LogP contribution in [0.2, 0.25) is 0 Å². The van der Waals surface area contributed by atoms with Crippen LogP contribution in [-0.4, -0.2) is 6.73 Å². The first-order valence-corrected chi connectivity index (χ1v) is 9.55. The molecule has 0 bridgehead atoms. The van der Waals surface area contributed by atoms with E-state index in [1.54, 1.807) is 6.07 Å². The summed E-state index contributed by atoms with van der Waals surface area (Å²) in [5.74, 6) is 1.22. The van der Waals surface area contributed by atoms with E-state index < -0.39 is 0 Å². The molecule has 0 aliphatic carbocycles. The van der Waals surface area contributed by atoms with E-state index in [1.807, 2.05) is 12.1 Å². The van der Waals surface area contributed by atoms with Gasteiger partial charge in [0.15, 0.2) is 6.73 Å².